The fourth-order valence-corrected chi connectivity index (χ4v) is 1.38. The first-order chi connectivity index (χ1) is 6.45. The lowest BCUT2D eigenvalue weighted by Gasteiger charge is -2.29. The molecule has 80 valence electrons. The monoisotopic (exact) mass is 197 g/mol. The molecule has 0 saturated heterocycles. The van der Waals surface area contributed by atoms with E-state index in [1.165, 1.54) is 4.80 Å². The highest BCUT2D eigenvalue weighted by atomic mass is 15.6. The molecular formula is C9H19N5. The molecule has 2 unspecified atom stereocenters. The number of nitrogens with two attached hydrogens (primary N) is 1. The normalized spacial score (nSPS) is 17.8. The Morgan fingerprint density at radius 2 is 2.21 bits per heavy atom. The zero-order chi connectivity index (χ0) is 10.8. The van der Waals surface area contributed by atoms with Gasteiger partial charge in [0.25, 0.3) is 0 Å². The molecule has 1 rings (SSSR count). The van der Waals surface area contributed by atoms with Gasteiger partial charge in [0, 0.05) is 12.0 Å². The van der Waals surface area contributed by atoms with Crippen LogP contribution in [0.3, 0.4) is 0 Å². The van der Waals surface area contributed by atoms with Gasteiger partial charge in [-0.3, -0.25) is 0 Å². The Labute approximate surface area is 84.7 Å². The molecule has 0 amide bonds. The van der Waals surface area contributed by atoms with E-state index in [0.29, 0.717) is 12.3 Å². The average Bonchev–Trinajstić information content (AvgIpc) is 2.48. The van der Waals surface area contributed by atoms with Crippen molar-refractivity contribution >= 4 is 0 Å². The van der Waals surface area contributed by atoms with Gasteiger partial charge in [-0.15, -0.1) is 10.2 Å². The highest BCUT2D eigenvalue weighted by molar-refractivity contribution is 4.94. The van der Waals surface area contributed by atoms with E-state index >= 15 is 0 Å². The maximum Gasteiger partial charge on any atom is 0.176 e. The summed E-state index contributed by atoms with van der Waals surface area (Å²) in [7, 11) is 1.76. The zero-order valence-corrected chi connectivity index (χ0v) is 9.36. The van der Waals surface area contributed by atoms with Gasteiger partial charge in [-0.1, -0.05) is 20.3 Å². The minimum Gasteiger partial charge on any atom is -0.325 e. The topological polar surface area (TPSA) is 69.6 Å². The van der Waals surface area contributed by atoms with E-state index in [1.807, 2.05) is 6.92 Å². The van der Waals surface area contributed by atoms with Gasteiger partial charge >= 0.3 is 0 Å². The van der Waals surface area contributed by atoms with Crippen molar-refractivity contribution in [2.75, 3.05) is 0 Å². The number of tetrazole rings is 1. The molecule has 0 aromatic carbocycles. The Bertz CT molecular complexity index is 291. The van der Waals surface area contributed by atoms with Gasteiger partial charge in [0.15, 0.2) is 5.82 Å². The first-order valence-electron chi connectivity index (χ1n) is 4.97. The zero-order valence-electron chi connectivity index (χ0n) is 9.36. The number of hydrogen-bond acceptors (Lipinski definition) is 4. The Morgan fingerprint density at radius 3 is 2.64 bits per heavy atom. The van der Waals surface area contributed by atoms with E-state index in [9.17, 15) is 0 Å². The molecule has 0 radical (unpaired) electrons. The number of rotatable bonds is 4. The minimum atomic E-state index is -0.252. The molecular weight excluding hydrogens is 178 g/mol. The van der Waals surface area contributed by atoms with Crippen molar-refractivity contribution in [3.63, 3.8) is 0 Å². The van der Waals surface area contributed by atoms with Crippen molar-refractivity contribution in [1.29, 1.82) is 0 Å². The van der Waals surface area contributed by atoms with E-state index in [-0.39, 0.29) is 5.54 Å². The van der Waals surface area contributed by atoms with Crippen molar-refractivity contribution < 1.29 is 0 Å². The van der Waals surface area contributed by atoms with E-state index in [4.69, 9.17) is 5.73 Å². The van der Waals surface area contributed by atoms with Crippen LogP contribution in [0.1, 0.15) is 33.0 Å². The van der Waals surface area contributed by atoms with E-state index in [0.717, 1.165) is 12.2 Å². The quantitative estimate of drug-likeness (QED) is 0.763. The third-order valence-electron chi connectivity index (χ3n) is 2.83. The minimum absolute atomic E-state index is 0.252. The Balaban J connectivity index is 2.67. The van der Waals surface area contributed by atoms with Crippen molar-refractivity contribution in [3.05, 3.63) is 5.82 Å². The first-order valence-corrected chi connectivity index (χ1v) is 4.97. The van der Waals surface area contributed by atoms with Crippen LogP contribution in [0.15, 0.2) is 0 Å². The summed E-state index contributed by atoms with van der Waals surface area (Å²) in [6.45, 7) is 6.33. The average molecular weight is 197 g/mol. The van der Waals surface area contributed by atoms with Crippen LogP contribution >= 0.6 is 0 Å². The molecule has 0 spiro atoms. The first kappa shape index (κ1) is 11.1. The number of nitrogens with zero attached hydrogens (tertiary/aromatic N) is 4. The highest BCUT2D eigenvalue weighted by Gasteiger charge is 2.27. The Morgan fingerprint density at radius 1 is 1.57 bits per heavy atom. The van der Waals surface area contributed by atoms with E-state index < -0.39 is 0 Å². The molecule has 2 atom stereocenters. The van der Waals surface area contributed by atoms with Crippen molar-refractivity contribution in [2.24, 2.45) is 18.7 Å². The molecule has 0 bridgehead atoms. The van der Waals surface area contributed by atoms with Gasteiger partial charge in [0.1, 0.15) is 0 Å². The van der Waals surface area contributed by atoms with Gasteiger partial charge in [-0.05, 0) is 18.1 Å². The Hall–Kier alpha value is -0.970. The summed E-state index contributed by atoms with van der Waals surface area (Å²) in [5.74, 6) is 1.17. The lowest BCUT2D eigenvalue weighted by Crippen LogP contribution is -2.45. The molecule has 0 aliphatic rings. The second-order valence-corrected chi connectivity index (χ2v) is 4.19. The largest absolute Gasteiger partial charge is 0.325 e. The fraction of sp³-hybridized carbons (Fsp3) is 0.889. The highest BCUT2D eigenvalue weighted by Crippen LogP contribution is 2.20. The van der Waals surface area contributed by atoms with Crippen LogP contribution in [0.4, 0.5) is 0 Å². The van der Waals surface area contributed by atoms with Gasteiger partial charge in [-0.25, -0.2) is 0 Å². The van der Waals surface area contributed by atoms with Gasteiger partial charge < -0.3 is 5.73 Å². The summed E-state index contributed by atoms with van der Waals surface area (Å²) in [5.41, 5.74) is 5.94. The summed E-state index contributed by atoms with van der Waals surface area (Å²) in [5, 5.41) is 11.9. The predicted molar refractivity (Wildman–Crippen MR) is 54.5 cm³/mol. The smallest absolute Gasteiger partial charge is 0.176 e. The maximum atomic E-state index is 6.20. The summed E-state index contributed by atoms with van der Waals surface area (Å²) in [6.07, 6.45) is 1.74. The predicted octanol–water partition coefficient (Wildman–Crippen LogP) is 0.516. The molecule has 0 saturated carbocycles. The van der Waals surface area contributed by atoms with Crippen LogP contribution in [0, 0.1) is 5.92 Å². The van der Waals surface area contributed by atoms with Crippen LogP contribution in [-0.4, -0.2) is 25.7 Å². The van der Waals surface area contributed by atoms with Crippen LogP contribution in [-0.2, 0) is 13.5 Å². The fourth-order valence-electron chi connectivity index (χ4n) is 1.38. The van der Waals surface area contributed by atoms with Gasteiger partial charge in [0.05, 0.1) is 7.05 Å². The van der Waals surface area contributed by atoms with Gasteiger partial charge in [0.2, 0.25) is 0 Å². The lowest BCUT2D eigenvalue weighted by molar-refractivity contribution is 0.301. The number of hydrogen-bond donors (Lipinski definition) is 1. The molecule has 1 aromatic rings. The molecule has 1 aromatic heterocycles. The SMILES string of the molecule is CCC(C)C(C)(N)Cc1nnn(C)n1. The van der Waals surface area contributed by atoms with Crippen molar-refractivity contribution in [1.82, 2.24) is 20.2 Å². The third-order valence-corrected chi connectivity index (χ3v) is 2.83. The molecule has 5 heteroatoms. The number of aryl methyl sites for hydroxylation is 1. The molecule has 5 nitrogen and oxygen atoms in total. The summed E-state index contributed by atoms with van der Waals surface area (Å²) in [4.78, 5) is 1.46. The van der Waals surface area contributed by atoms with Crippen LogP contribution in [0.2, 0.25) is 0 Å². The van der Waals surface area contributed by atoms with Crippen molar-refractivity contribution in [3.8, 4) is 0 Å². The second-order valence-electron chi connectivity index (χ2n) is 4.19. The molecule has 14 heavy (non-hydrogen) atoms. The molecule has 1 heterocycles. The van der Waals surface area contributed by atoms with Crippen molar-refractivity contribution in [2.45, 2.75) is 39.2 Å². The maximum absolute atomic E-state index is 6.20. The molecule has 0 fully saturated rings. The summed E-state index contributed by atoms with van der Waals surface area (Å²) >= 11 is 0. The van der Waals surface area contributed by atoms with Crippen LogP contribution in [0.25, 0.3) is 0 Å². The molecule has 2 N–H and O–H groups in total. The summed E-state index contributed by atoms with van der Waals surface area (Å²) < 4.78 is 0. The number of aromatic nitrogens is 4. The summed E-state index contributed by atoms with van der Waals surface area (Å²) in [6, 6.07) is 0. The molecule has 0 aliphatic heterocycles. The standard InChI is InChI=1S/C9H19N5/c1-5-7(2)9(3,10)6-8-11-13-14(4)12-8/h7H,5-6,10H2,1-4H3. The Kier molecular flexibility index (Phi) is 3.21. The van der Waals surface area contributed by atoms with E-state index in [2.05, 4.69) is 29.3 Å². The molecule has 0 aliphatic carbocycles. The van der Waals surface area contributed by atoms with Gasteiger partial charge in [-0.2, -0.15) is 4.80 Å². The van der Waals surface area contributed by atoms with E-state index in [1.54, 1.807) is 7.05 Å². The van der Waals surface area contributed by atoms with Crippen LogP contribution < -0.4 is 5.73 Å². The van der Waals surface area contributed by atoms with Crippen LogP contribution in [0.5, 0.6) is 0 Å². The second kappa shape index (κ2) is 4.04. The lowest BCUT2D eigenvalue weighted by atomic mass is 9.83. The third kappa shape index (κ3) is 2.51.